The predicted molar refractivity (Wildman–Crippen MR) is 82.1 cm³/mol. The van der Waals surface area contributed by atoms with Gasteiger partial charge in [-0.05, 0) is 61.4 Å². The van der Waals surface area contributed by atoms with E-state index in [1.807, 2.05) is 12.1 Å². The van der Waals surface area contributed by atoms with Gasteiger partial charge in [0.25, 0.3) is 0 Å². The van der Waals surface area contributed by atoms with Gasteiger partial charge in [0.15, 0.2) is 17.3 Å². The number of hydrogen-bond acceptors (Lipinski definition) is 4. The van der Waals surface area contributed by atoms with Gasteiger partial charge in [-0.3, -0.25) is 0 Å². The molecule has 138 valence electrons. The Morgan fingerprint density at radius 3 is 1.76 bits per heavy atom. The molecule has 0 saturated heterocycles. The lowest BCUT2D eigenvalue weighted by Gasteiger charge is -2.08. The van der Waals surface area contributed by atoms with Crippen LogP contribution in [0.25, 0.3) is 0 Å². The first-order valence-electron chi connectivity index (χ1n) is 6.81. The van der Waals surface area contributed by atoms with Crippen molar-refractivity contribution in [1.29, 1.82) is 0 Å². The molecule has 2 aromatic rings. The molecule has 0 saturated carbocycles. The van der Waals surface area contributed by atoms with Crippen LogP contribution in [-0.4, -0.2) is 25.6 Å². The molecule has 0 aliphatic carbocycles. The first-order chi connectivity index (χ1) is 11.4. The molecule has 4 nitrogen and oxygen atoms in total. The molecule has 0 amide bonds. The molecular formula is C16H16F3IO4S. The van der Waals surface area contributed by atoms with E-state index in [4.69, 9.17) is 17.7 Å². The van der Waals surface area contributed by atoms with Crippen molar-refractivity contribution in [1.82, 2.24) is 0 Å². The van der Waals surface area contributed by atoms with Gasteiger partial charge in [0, 0.05) is 0 Å². The monoisotopic (exact) mass is 488 g/mol. The maximum absolute atomic E-state index is 10.7. The minimum absolute atomic E-state index is 0.0785. The average Bonchev–Trinajstić information content (AvgIpc) is 2.45. The second-order valence-electron chi connectivity index (χ2n) is 4.96. The Balaban J connectivity index is 0.000000333. The average molecular weight is 488 g/mol. The van der Waals surface area contributed by atoms with Gasteiger partial charge in [0.05, 0.1) is 7.11 Å². The third-order valence-electron chi connectivity index (χ3n) is 2.74. The van der Waals surface area contributed by atoms with Crippen LogP contribution in [0.3, 0.4) is 0 Å². The molecule has 9 heteroatoms. The van der Waals surface area contributed by atoms with Crippen molar-refractivity contribution in [3.8, 4) is 5.75 Å². The first-order valence-corrected chi connectivity index (χ1v) is 10.4. The molecule has 0 unspecified atom stereocenters. The normalized spacial score (nSPS) is 11.5. The summed E-state index contributed by atoms with van der Waals surface area (Å²) >= 11 is -0.0785. The summed E-state index contributed by atoms with van der Waals surface area (Å²) in [7, 11) is -4.39. The van der Waals surface area contributed by atoms with Crippen LogP contribution in [0.5, 0.6) is 5.75 Å². The summed E-state index contributed by atoms with van der Waals surface area (Å²) in [5.74, 6) is 0.929. The standard InChI is InChI=1S/C15H16IO.CHF3O3S/c1-11-8-12(2)10-14(9-11)16-13-4-6-15(17-3)7-5-13;2-1(3,4)8(5,6)7/h4-10H,1-3H3;(H,5,6,7)/q+1;/p-1. The highest BCUT2D eigenvalue weighted by Gasteiger charge is 2.36. The van der Waals surface area contributed by atoms with Crippen molar-refractivity contribution >= 4 is 10.1 Å². The van der Waals surface area contributed by atoms with E-state index in [2.05, 4.69) is 44.2 Å². The summed E-state index contributed by atoms with van der Waals surface area (Å²) in [5, 5.41) is 0. The fourth-order valence-electron chi connectivity index (χ4n) is 1.73. The molecule has 0 bridgehead atoms. The Hall–Kier alpha value is -1.33. The van der Waals surface area contributed by atoms with Crippen LogP contribution in [0.2, 0.25) is 0 Å². The van der Waals surface area contributed by atoms with Gasteiger partial charge in [-0.15, -0.1) is 0 Å². The van der Waals surface area contributed by atoms with Crippen LogP contribution >= 0.6 is 0 Å². The van der Waals surface area contributed by atoms with Crippen molar-refractivity contribution < 1.29 is 52.1 Å². The van der Waals surface area contributed by atoms with E-state index in [1.54, 1.807) is 7.11 Å². The molecule has 0 heterocycles. The maximum atomic E-state index is 10.7. The fraction of sp³-hybridized carbons (Fsp3) is 0.250. The lowest BCUT2D eigenvalue weighted by Crippen LogP contribution is -3.61. The summed E-state index contributed by atoms with van der Waals surface area (Å²) in [6.45, 7) is 4.32. The molecule has 0 fully saturated rings. The van der Waals surface area contributed by atoms with Crippen LogP contribution in [-0.2, 0) is 10.1 Å². The Morgan fingerprint density at radius 1 is 0.960 bits per heavy atom. The highest BCUT2D eigenvalue weighted by atomic mass is 127. The largest absolute Gasteiger partial charge is 0.741 e. The third kappa shape index (κ3) is 7.61. The van der Waals surface area contributed by atoms with E-state index in [-0.39, 0.29) is 21.2 Å². The van der Waals surface area contributed by atoms with E-state index in [9.17, 15) is 13.2 Å². The van der Waals surface area contributed by atoms with Gasteiger partial charge in [-0.25, -0.2) is 8.42 Å². The number of halogens is 4. The number of benzene rings is 2. The molecular weight excluding hydrogens is 472 g/mol. The smallest absolute Gasteiger partial charge is 0.485 e. The van der Waals surface area contributed by atoms with Gasteiger partial charge in [-0.2, -0.15) is 13.2 Å². The molecule has 25 heavy (non-hydrogen) atoms. The van der Waals surface area contributed by atoms with E-state index in [0.29, 0.717) is 0 Å². The summed E-state index contributed by atoms with van der Waals surface area (Å²) in [4.78, 5) is 0. The van der Waals surface area contributed by atoms with Crippen LogP contribution in [0, 0.1) is 21.0 Å². The van der Waals surface area contributed by atoms with Crippen molar-refractivity contribution in [2.45, 2.75) is 19.4 Å². The lowest BCUT2D eigenvalue weighted by molar-refractivity contribution is -0.597. The second kappa shape index (κ2) is 8.86. The fourth-order valence-corrected chi connectivity index (χ4v) is 4.47. The quantitative estimate of drug-likeness (QED) is 0.359. The number of aryl methyl sites for hydroxylation is 2. The summed E-state index contributed by atoms with van der Waals surface area (Å²) < 4.78 is 67.0. The third-order valence-corrected chi connectivity index (χ3v) is 5.89. The van der Waals surface area contributed by atoms with Crippen molar-refractivity contribution in [2.24, 2.45) is 0 Å². The SMILES string of the molecule is COc1ccc([I+]c2cc(C)cc(C)c2)cc1.O=S(=O)([O-])C(F)(F)F. The van der Waals surface area contributed by atoms with E-state index in [0.717, 1.165) is 5.75 Å². The van der Waals surface area contributed by atoms with Crippen LogP contribution in [0.1, 0.15) is 11.1 Å². The maximum Gasteiger partial charge on any atom is 0.485 e. The number of ether oxygens (including phenoxy) is 1. The topological polar surface area (TPSA) is 66.4 Å². The van der Waals surface area contributed by atoms with Gasteiger partial charge < -0.3 is 9.29 Å². The number of rotatable bonds is 3. The van der Waals surface area contributed by atoms with Gasteiger partial charge in [0.1, 0.15) is 5.75 Å². The highest BCUT2D eigenvalue weighted by molar-refractivity contribution is 7.86. The number of alkyl halides is 3. The minimum atomic E-state index is -6.09. The molecule has 2 aromatic carbocycles. The summed E-state index contributed by atoms with van der Waals surface area (Å²) in [6.07, 6.45) is 0. The van der Waals surface area contributed by atoms with Gasteiger partial charge in [-0.1, -0.05) is 6.07 Å². The Bertz CT molecular complexity index is 783. The molecule has 0 N–H and O–H groups in total. The summed E-state index contributed by atoms with van der Waals surface area (Å²) in [5.41, 5.74) is -2.94. The Kier molecular flexibility index (Phi) is 7.69. The Labute approximate surface area is 155 Å². The summed E-state index contributed by atoms with van der Waals surface area (Å²) in [6, 6.07) is 15.2. The van der Waals surface area contributed by atoms with Crippen molar-refractivity contribution in [3.63, 3.8) is 0 Å². The molecule has 2 rings (SSSR count). The van der Waals surface area contributed by atoms with Crippen molar-refractivity contribution in [2.75, 3.05) is 7.11 Å². The van der Waals surface area contributed by atoms with Gasteiger partial charge >= 0.3 is 26.7 Å². The predicted octanol–water partition coefficient (Wildman–Crippen LogP) is 0.492. The number of hydrogen-bond donors (Lipinski definition) is 0. The van der Waals surface area contributed by atoms with Crippen LogP contribution < -0.4 is 25.9 Å². The molecule has 0 aliphatic rings. The molecule has 0 atom stereocenters. The molecule has 0 radical (unpaired) electrons. The minimum Gasteiger partial charge on any atom is -0.741 e. The highest BCUT2D eigenvalue weighted by Crippen LogP contribution is 2.20. The van der Waals surface area contributed by atoms with E-state index in [1.165, 1.54) is 18.3 Å². The zero-order valence-corrected chi connectivity index (χ0v) is 16.6. The van der Waals surface area contributed by atoms with Crippen LogP contribution in [0.4, 0.5) is 13.2 Å². The van der Waals surface area contributed by atoms with E-state index < -0.39 is 15.6 Å². The molecule has 0 aromatic heterocycles. The lowest BCUT2D eigenvalue weighted by atomic mass is 10.2. The van der Waals surface area contributed by atoms with Gasteiger partial charge in [0.2, 0.25) is 0 Å². The van der Waals surface area contributed by atoms with Crippen LogP contribution in [0.15, 0.2) is 42.5 Å². The molecule has 0 spiro atoms. The Morgan fingerprint density at radius 2 is 1.40 bits per heavy atom. The first kappa shape index (κ1) is 21.7. The zero-order valence-electron chi connectivity index (χ0n) is 13.6. The number of methoxy groups -OCH3 is 1. The second-order valence-corrected chi connectivity index (χ2v) is 9.36. The van der Waals surface area contributed by atoms with Crippen molar-refractivity contribution in [3.05, 3.63) is 60.7 Å². The van der Waals surface area contributed by atoms with E-state index >= 15 is 0 Å². The molecule has 0 aliphatic heterocycles. The zero-order chi connectivity index (χ0) is 19.3.